The smallest absolute Gasteiger partial charge is 0.458 e. The summed E-state index contributed by atoms with van der Waals surface area (Å²) >= 11 is 0. The van der Waals surface area contributed by atoms with Crippen molar-refractivity contribution in [1.82, 2.24) is 29.5 Å². The van der Waals surface area contributed by atoms with Crippen molar-refractivity contribution in [3.8, 4) is 17.1 Å². The summed E-state index contributed by atoms with van der Waals surface area (Å²) in [7, 11) is -3.97. The summed E-state index contributed by atoms with van der Waals surface area (Å²) in [5.74, 6) is -1.89. The van der Waals surface area contributed by atoms with Crippen LogP contribution in [0.15, 0.2) is 41.9 Å². The Morgan fingerprint density at radius 1 is 1.28 bits per heavy atom. The second-order valence-corrected chi connectivity index (χ2v) is 11.0. The van der Waals surface area contributed by atoms with Crippen LogP contribution in [-0.4, -0.2) is 57.4 Å². The van der Waals surface area contributed by atoms with Crippen molar-refractivity contribution >= 4 is 21.8 Å². The number of anilines is 1. The maximum atomic E-state index is 13.1. The molecule has 36 heavy (non-hydrogen) atoms. The van der Waals surface area contributed by atoms with Gasteiger partial charge in [-0.15, -0.1) is 0 Å². The number of hydrogen-bond donors (Lipinski definition) is 2. The van der Waals surface area contributed by atoms with Crippen LogP contribution in [0.4, 0.5) is 19.0 Å². The van der Waals surface area contributed by atoms with Crippen molar-refractivity contribution < 1.29 is 31.1 Å². The average molecular weight is 523 g/mol. The zero-order valence-corrected chi connectivity index (χ0v) is 19.6. The van der Waals surface area contributed by atoms with Crippen LogP contribution < -0.4 is 10.5 Å². The number of aryl methyl sites for hydroxylation is 1. The van der Waals surface area contributed by atoms with E-state index in [1.54, 1.807) is 13.0 Å². The molecule has 190 valence electrons. The summed E-state index contributed by atoms with van der Waals surface area (Å²) in [6, 6.07) is 4.56. The molecule has 0 aliphatic heterocycles. The highest BCUT2D eigenvalue weighted by Crippen LogP contribution is 2.67. The third kappa shape index (κ3) is 4.17. The lowest BCUT2D eigenvalue weighted by Gasteiger charge is -2.69. The van der Waals surface area contributed by atoms with E-state index in [9.17, 15) is 26.4 Å². The molecular formula is C21H20F3N7O4S. The Hall–Kier alpha value is -3.59. The maximum absolute atomic E-state index is 13.1. The van der Waals surface area contributed by atoms with Gasteiger partial charge in [-0.2, -0.15) is 23.0 Å². The highest BCUT2D eigenvalue weighted by Gasteiger charge is 2.69. The number of nitrogens with zero attached hydrogens (tertiary/aromatic N) is 5. The Bertz CT molecular complexity index is 1440. The van der Waals surface area contributed by atoms with Gasteiger partial charge in [-0.05, 0) is 43.9 Å². The predicted octanol–water partition coefficient (Wildman–Crippen LogP) is 1.92. The van der Waals surface area contributed by atoms with Crippen molar-refractivity contribution in [1.29, 1.82) is 0 Å². The Morgan fingerprint density at radius 3 is 2.64 bits per heavy atom. The lowest BCUT2D eigenvalue weighted by molar-refractivity contribution is -0.221. The number of alkyl halides is 3. The van der Waals surface area contributed by atoms with Crippen LogP contribution in [0, 0.1) is 12.3 Å². The summed E-state index contributed by atoms with van der Waals surface area (Å²) in [4.78, 5) is 23.4. The highest BCUT2D eigenvalue weighted by atomic mass is 32.2. The molecule has 0 unspecified atom stereocenters. The molecule has 3 aliphatic rings. The number of nitrogens with one attached hydrogen (secondary N) is 1. The number of hydrogen-bond acceptors (Lipinski definition) is 9. The van der Waals surface area contributed by atoms with E-state index in [1.807, 2.05) is 0 Å². The molecule has 3 aliphatic carbocycles. The van der Waals surface area contributed by atoms with Gasteiger partial charge >= 0.3 is 12.1 Å². The number of aromatic nitrogens is 5. The van der Waals surface area contributed by atoms with Crippen molar-refractivity contribution in [2.75, 3.05) is 12.3 Å². The van der Waals surface area contributed by atoms with E-state index < -0.39 is 39.7 Å². The normalized spacial score (nSPS) is 23.0. The van der Waals surface area contributed by atoms with Gasteiger partial charge in [-0.25, -0.2) is 32.9 Å². The molecule has 6 rings (SSSR count). The fourth-order valence-electron chi connectivity index (χ4n) is 4.95. The largest absolute Gasteiger partial charge is 0.490 e. The van der Waals surface area contributed by atoms with E-state index in [-0.39, 0.29) is 35.8 Å². The van der Waals surface area contributed by atoms with Gasteiger partial charge in [0.2, 0.25) is 10.0 Å². The van der Waals surface area contributed by atoms with Gasteiger partial charge in [0.1, 0.15) is 12.7 Å². The first-order valence-corrected chi connectivity index (χ1v) is 12.2. The zero-order valence-electron chi connectivity index (χ0n) is 18.8. The number of esters is 1. The lowest BCUT2D eigenvalue weighted by Crippen LogP contribution is -2.75. The molecule has 2 heterocycles. The molecule has 3 aromatic rings. The first-order valence-electron chi connectivity index (χ1n) is 10.7. The van der Waals surface area contributed by atoms with E-state index in [0.29, 0.717) is 11.3 Å². The van der Waals surface area contributed by atoms with E-state index in [4.69, 9.17) is 5.73 Å². The van der Waals surface area contributed by atoms with Gasteiger partial charge < -0.3 is 10.5 Å². The molecule has 3 fully saturated rings. The zero-order chi connectivity index (χ0) is 25.9. The fourth-order valence-corrected chi connectivity index (χ4v) is 6.38. The third-order valence-corrected chi connectivity index (χ3v) is 8.02. The molecule has 2 aromatic heterocycles. The van der Waals surface area contributed by atoms with E-state index in [2.05, 4.69) is 29.5 Å². The van der Waals surface area contributed by atoms with Crippen LogP contribution in [0.5, 0.6) is 0 Å². The molecule has 11 nitrogen and oxygen atoms in total. The molecule has 3 N–H and O–H groups in total. The predicted molar refractivity (Wildman–Crippen MR) is 118 cm³/mol. The van der Waals surface area contributed by atoms with Gasteiger partial charge in [0.15, 0.2) is 11.6 Å². The highest BCUT2D eigenvalue weighted by molar-refractivity contribution is 7.89. The Balaban J connectivity index is 1.32. The maximum Gasteiger partial charge on any atom is 0.490 e. The Kier molecular flexibility index (Phi) is 5.33. The number of halogens is 3. The average Bonchev–Trinajstić information content (AvgIpc) is 3.29. The quantitative estimate of drug-likeness (QED) is 0.442. The van der Waals surface area contributed by atoms with E-state index >= 15 is 0 Å². The van der Waals surface area contributed by atoms with Gasteiger partial charge in [-0.1, -0.05) is 6.07 Å². The van der Waals surface area contributed by atoms with Crippen molar-refractivity contribution in [2.24, 2.45) is 5.41 Å². The minimum Gasteiger partial charge on any atom is -0.458 e. The molecule has 1 aromatic carbocycles. The van der Waals surface area contributed by atoms with Gasteiger partial charge in [-0.3, -0.25) is 0 Å². The van der Waals surface area contributed by atoms with Crippen molar-refractivity contribution in [2.45, 2.75) is 42.8 Å². The molecule has 0 amide bonds. The van der Waals surface area contributed by atoms with E-state index in [1.165, 1.54) is 35.7 Å². The molecule has 3 saturated carbocycles. The number of carbonyl (C=O) groups excluding carboxylic acids is 1. The van der Waals surface area contributed by atoms with Crippen molar-refractivity contribution in [3.63, 3.8) is 0 Å². The summed E-state index contributed by atoms with van der Waals surface area (Å²) < 4.78 is 71.7. The van der Waals surface area contributed by atoms with E-state index in [0.717, 1.165) is 5.56 Å². The number of sulfonamides is 1. The number of benzene rings is 1. The molecule has 0 saturated heterocycles. The monoisotopic (exact) mass is 523 g/mol. The summed E-state index contributed by atoms with van der Waals surface area (Å²) in [6.07, 6.45) is -0.0586. The van der Waals surface area contributed by atoms with Gasteiger partial charge in [0.25, 0.3) is 0 Å². The fraction of sp³-hybridized carbons (Fsp3) is 0.381. The standard InChI is InChI=1S/C21H20F3N7O4S/c1-12-2-3-13(4-14(12)15-5-27-16(25)17(29-15)31-11-26-10-28-31)36(33,34)30-20-6-19(7-20,8-20)9-35-18(32)21(22,23)24/h2-5,10-11,30H,6-9H2,1H3,(H2,25,27). The van der Waals surface area contributed by atoms with Crippen LogP contribution in [0.2, 0.25) is 0 Å². The SMILES string of the molecule is Cc1ccc(S(=O)(=O)NC23CC(COC(=O)C(F)(F)F)(C2)C3)cc1-c1cnc(N)c(-n2cncn2)n1. The number of ether oxygens (including phenoxy) is 1. The summed E-state index contributed by atoms with van der Waals surface area (Å²) in [5, 5.41) is 4.00. The molecule has 0 radical (unpaired) electrons. The third-order valence-electron chi connectivity index (χ3n) is 6.44. The summed E-state index contributed by atoms with van der Waals surface area (Å²) in [5.41, 5.74) is 6.15. The first kappa shape index (κ1) is 24.1. The number of nitrogen functional groups attached to an aromatic ring is 1. The topological polar surface area (TPSA) is 155 Å². The van der Waals surface area contributed by atoms with Crippen LogP contribution >= 0.6 is 0 Å². The Labute approximate surface area is 203 Å². The van der Waals surface area contributed by atoms with Crippen LogP contribution in [0.1, 0.15) is 24.8 Å². The first-order chi connectivity index (χ1) is 16.8. The number of nitrogens with two attached hydrogens (primary N) is 1. The van der Waals surface area contributed by atoms with Crippen LogP contribution in [0.25, 0.3) is 17.1 Å². The van der Waals surface area contributed by atoms with Gasteiger partial charge in [0, 0.05) is 16.5 Å². The molecular weight excluding hydrogens is 503 g/mol. The molecule has 2 bridgehead atoms. The van der Waals surface area contributed by atoms with Crippen LogP contribution in [0.3, 0.4) is 0 Å². The summed E-state index contributed by atoms with van der Waals surface area (Å²) in [6.45, 7) is 1.40. The van der Waals surface area contributed by atoms with Crippen LogP contribution in [-0.2, 0) is 19.6 Å². The lowest BCUT2D eigenvalue weighted by atomic mass is 9.40. The number of carbonyl (C=O) groups is 1. The second-order valence-electron chi connectivity index (χ2n) is 9.27. The number of rotatable bonds is 7. The van der Waals surface area contributed by atoms with Crippen molar-refractivity contribution in [3.05, 3.63) is 42.6 Å². The molecule has 0 spiro atoms. The minimum absolute atomic E-state index is 0.00805. The second kappa shape index (κ2) is 7.96. The Morgan fingerprint density at radius 2 is 2.00 bits per heavy atom. The minimum atomic E-state index is -5.06. The molecule has 15 heteroatoms. The van der Waals surface area contributed by atoms with Gasteiger partial charge in [0.05, 0.1) is 23.4 Å². The molecule has 0 atom stereocenters.